The van der Waals surface area contributed by atoms with Crippen LogP contribution < -0.4 is 10.1 Å². The van der Waals surface area contributed by atoms with Gasteiger partial charge in [-0.2, -0.15) is 0 Å². The number of carbonyl (C=O) groups excluding carboxylic acids is 1. The number of urea groups is 1. The number of hydrogen-bond donors (Lipinski definition) is 1. The number of nitrogens with one attached hydrogen (secondary N) is 1. The number of benzene rings is 1. The number of ether oxygens (including phenoxy) is 2. The first-order valence-corrected chi connectivity index (χ1v) is 8.84. The molecule has 0 saturated carbocycles. The van der Waals surface area contributed by atoms with Gasteiger partial charge in [0.1, 0.15) is 0 Å². The molecule has 2 aliphatic rings. The van der Waals surface area contributed by atoms with Crippen molar-refractivity contribution in [2.75, 3.05) is 46.5 Å². The fourth-order valence-corrected chi connectivity index (χ4v) is 3.47. The molecule has 0 bridgehead atoms. The normalized spacial score (nSPS) is 21.4. The third-order valence-corrected chi connectivity index (χ3v) is 4.87. The van der Waals surface area contributed by atoms with Gasteiger partial charge in [-0.15, -0.1) is 0 Å². The van der Waals surface area contributed by atoms with Gasteiger partial charge < -0.3 is 19.7 Å². The van der Waals surface area contributed by atoms with Crippen molar-refractivity contribution in [1.29, 1.82) is 0 Å². The van der Waals surface area contributed by atoms with E-state index in [1.54, 1.807) is 12.1 Å². The van der Waals surface area contributed by atoms with Gasteiger partial charge in [0.2, 0.25) is 0 Å². The molecule has 0 spiro atoms. The average molecular weight is 351 g/mol. The molecule has 0 aliphatic carbocycles. The highest BCUT2D eigenvalue weighted by Gasteiger charge is 2.30. The Labute approximate surface area is 147 Å². The molecule has 1 aromatic rings. The predicted molar refractivity (Wildman–Crippen MR) is 92.2 cm³/mol. The Morgan fingerprint density at radius 3 is 2.88 bits per heavy atom. The van der Waals surface area contributed by atoms with Crippen molar-refractivity contribution in [1.82, 2.24) is 15.1 Å². The van der Waals surface area contributed by atoms with E-state index in [1.165, 1.54) is 13.2 Å². The first-order chi connectivity index (χ1) is 12.2. The minimum atomic E-state index is -0.416. The van der Waals surface area contributed by atoms with E-state index in [1.807, 2.05) is 4.90 Å². The Bertz CT molecular complexity index is 593. The van der Waals surface area contributed by atoms with Crippen molar-refractivity contribution in [3.63, 3.8) is 0 Å². The summed E-state index contributed by atoms with van der Waals surface area (Å²) in [5.41, 5.74) is 0.718. The van der Waals surface area contributed by atoms with E-state index in [0.717, 1.165) is 57.8 Å². The van der Waals surface area contributed by atoms with Crippen LogP contribution in [-0.4, -0.2) is 68.4 Å². The second kappa shape index (κ2) is 8.49. The predicted octanol–water partition coefficient (Wildman–Crippen LogP) is 1.84. The minimum absolute atomic E-state index is 0.0769. The van der Waals surface area contributed by atoms with Crippen molar-refractivity contribution in [3.8, 4) is 5.75 Å². The molecule has 2 fully saturated rings. The Morgan fingerprint density at radius 2 is 2.16 bits per heavy atom. The summed E-state index contributed by atoms with van der Waals surface area (Å²) in [6.45, 7) is 5.37. The fraction of sp³-hybridized carbons (Fsp3) is 0.611. The zero-order valence-corrected chi connectivity index (χ0v) is 14.7. The summed E-state index contributed by atoms with van der Waals surface area (Å²) in [6, 6.07) is 4.90. The van der Waals surface area contributed by atoms with Crippen LogP contribution in [0.5, 0.6) is 5.75 Å². The lowest BCUT2D eigenvalue weighted by Gasteiger charge is -2.33. The highest BCUT2D eigenvalue weighted by atomic mass is 19.1. The van der Waals surface area contributed by atoms with Crippen LogP contribution in [0.25, 0.3) is 0 Å². The topological polar surface area (TPSA) is 54.0 Å². The second-order valence-electron chi connectivity index (χ2n) is 6.53. The van der Waals surface area contributed by atoms with Gasteiger partial charge >= 0.3 is 6.03 Å². The summed E-state index contributed by atoms with van der Waals surface area (Å²) < 4.78 is 24.0. The van der Waals surface area contributed by atoms with E-state index >= 15 is 0 Å². The van der Waals surface area contributed by atoms with Gasteiger partial charge in [-0.3, -0.25) is 4.90 Å². The smallest absolute Gasteiger partial charge is 0.317 e. The first kappa shape index (κ1) is 17.9. The van der Waals surface area contributed by atoms with Crippen molar-refractivity contribution in [2.45, 2.75) is 25.4 Å². The van der Waals surface area contributed by atoms with Crippen LogP contribution in [0.4, 0.5) is 9.18 Å². The molecule has 2 heterocycles. The van der Waals surface area contributed by atoms with Crippen molar-refractivity contribution in [3.05, 3.63) is 29.6 Å². The Morgan fingerprint density at radius 1 is 1.36 bits per heavy atom. The molecule has 1 aromatic carbocycles. The van der Waals surface area contributed by atoms with Crippen LogP contribution in [0.15, 0.2) is 18.2 Å². The average Bonchev–Trinajstić information content (AvgIpc) is 3.09. The molecular weight excluding hydrogens is 325 g/mol. The van der Waals surface area contributed by atoms with Gasteiger partial charge in [0.15, 0.2) is 11.6 Å². The molecule has 25 heavy (non-hydrogen) atoms. The fourth-order valence-electron chi connectivity index (χ4n) is 3.47. The molecule has 0 radical (unpaired) electrons. The lowest BCUT2D eigenvalue weighted by molar-refractivity contribution is 0.0292. The molecule has 0 unspecified atom stereocenters. The zero-order valence-electron chi connectivity index (χ0n) is 14.7. The number of hydrogen-bond acceptors (Lipinski definition) is 4. The van der Waals surface area contributed by atoms with Crippen LogP contribution >= 0.6 is 0 Å². The van der Waals surface area contributed by atoms with E-state index in [0.29, 0.717) is 6.54 Å². The monoisotopic (exact) mass is 351 g/mol. The highest BCUT2D eigenvalue weighted by molar-refractivity contribution is 5.74. The lowest BCUT2D eigenvalue weighted by atomic mass is 10.2. The third kappa shape index (κ3) is 4.61. The Hall–Kier alpha value is -1.86. The number of carbonyl (C=O) groups is 1. The van der Waals surface area contributed by atoms with Gasteiger partial charge in [-0.05, 0) is 30.5 Å². The van der Waals surface area contributed by atoms with E-state index in [4.69, 9.17) is 9.47 Å². The Balaban J connectivity index is 1.52. The molecule has 1 atom stereocenters. The summed E-state index contributed by atoms with van der Waals surface area (Å²) in [5.74, 6) is -0.208. The molecule has 1 N–H and O–H groups in total. The molecule has 2 saturated heterocycles. The highest BCUT2D eigenvalue weighted by Crippen LogP contribution is 2.20. The van der Waals surface area contributed by atoms with Crippen molar-refractivity contribution >= 4 is 6.03 Å². The number of amides is 2. The molecule has 0 aromatic heterocycles. The van der Waals surface area contributed by atoms with Gasteiger partial charge in [0.25, 0.3) is 0 Å². The minimum Gasteiger partial charge on any atom is -0.494 e. The number of rotatable bonds is 5. The van der Waals surface area contributed by atoms with Crippen LogP contribution in [-0.2, 0) is 11.3 Å². The van der Waals surface area contributed by atoms with E-state index in [-0.39, 0.29) is 17.8 Å². The van der Waals surface area contributed by atoms with Crippen molar-refractivity contribution in [2.24, 2.45) is 0 Å². The summed E-state index contributed by atoms with van der Waals surface area (Å²) in [6.07, 6.45) is 2.06. The first-order valence-electron chi connectivity index (χ1n) is 8.84. The van der Waals surface area contributed by atoms with E-state index in [2.05, 4.69) is 10.2 Å². The standard InChI is InChI=1S/C18H26FN3O3/c1-24-17-5-4-14(11-16(17)19)12-20-18(23)22-6-2-3-15(22)13-21-7-9-25-10-8-21/h4-5,11,15H,2-3,6-10,12-13H2,1H3,(H,20,23)/t15-/m0/s1. The zero-order chi connectivity index (χ0) is 17.6. The molecule has 7 heteroatoms. The quantitative estimate of drug-likeness (QED) is 0.880. The number of nitrogens with zero attached hydrogens (tertiary/aromatic N) is 2. The molecule has 2 amide bonds. The van der Waals surface area contributed by atoms with Crippen LogP contribution in [0.2, 0.25) is 0 Å². The number of halogens is 1. The van der Waals surface area contributed by atoms with E-state index < -0.39 is 5.82 Å². The second-order valence-corrected chi connectivity index (χ2v) is 6.53. The van der Waals surface area contributed by atoms with Crippen LogP contribution in [0.1, 0.15) is 18.4 Å². The number of methoxy groups -OCH3 is 1. The molecule has 3 rings (SSSR count). The largest absolute Gasteiger partial charge is 0.494 e. The summed E-state index contributed by atoms with van der Waals surface area (Å²) in [5, 5.41) is 2.91. The SMILES string of the molecule is COc1ccc(CNC(=O)N2CCC[C@H]2CN2CCOCC2)cc1F. The number of morpholine rings is 1. The summed E-state index contributed by atoms with van der Waals surface area (Å²) in [7, 11) is 1.43. The summed E-state index contributed by atoms with van der Waals surface area (Å²) in [4.78, 5) is 16.8. The van der Waals surface area contributed by atoms with Gasteiger partial charge in [-0.25, -0.2) is 9.18 Å². The maximum atomic E-state index is 13.7. The van der Waals surface area contributed by atoms with Gasteiger partial charge in [0, 0.05) is 38.8 Å². The molecule has 2 aliphatic heterocycles. The molecular formula is C18H26FN3O3. The lowest BCUT2D eigenvalue weighted by Crippen LogP contribution is -2.49. The van der Waals surface area contributed by atoms with Crippen LogP contribution in [0, 0.1) is 5.82 Å². The molecule has 6 nitrogen and oxygen atoms in total. The van der Waals surface area contributed by atoms with E-state index in [9.17, 15) is 9.18 Å². The summed E-state index contributed by atoms with van der Waals surface area (Å²) >= 11 is 0. The van der Waals surface area contributed by atoms with Gasteiger partial charge in [-0.1, -0.05) is 6.07 Å². The maximum Gasteiger partial charge on any atom is 0.317 e. The number of likely N-dealkylation sites (tertiary alicyclic amines) is 1. The maximum absolute atomic E-state index is 13.7. The van der Waals surface area contributed by atoms with Gasteiger partial charge in [0.05, 0.1) is 20.3 Å². The van der Waals surface area contributed by atoms with Crippen molar-refractivity contribution < 1.29 is 18.7 Å². The third-order valence-electron chi connectivity index (χ3n) is 4.87. The molecule has 138 valence electrons. The Kier molecular flexibility index (Phi) is 6.09. The van der Waals surface area contributed by atoms with Crippen LogP contribution in [0.3, 0.4) is 0 Å².